The van der Waals surface area contributed by atoms with Gasteiger partial charge in [0.25, 0.3) is 0 Å². The minimum absolute atomic E-state index is 0.145. The minimum Gasteiger partial charge on any atom is -0.491 e. The van der Waals surface area contributed by atoms with Gasteiger partial charge in [-0.25, -0.2) is 0 Å². The second kappa shape index (κ2) is 5.35. The largest absolute Gasteiger partial charge is 0.491 e. The van der Waals surface area contributed by atoms with E-state index in [9.17, 15) is 4.79 Å². The predicted molar refractivity (Wildman–Crippen MR) is 76.5 cm³/mol. The lowest BCUT2D eigenvalue weighted by atomic mass is 10.1. The van der Waals surface area contributed by atoms with Crippen LogP contribution in [0.1, 0.15) is 27.5 Å². The molecule has 102 valence electrons. The molecular formula is C16H16N2O2. The van der Waals surface area contributed by atoms with E-state index < -0.39 is 5.91 Å². The van der Waals surface area contributed by atoms with Crippen LogP contribution in [-0.2, 0) is 6.54 Å². The van der Waals surface area contributed by atoms with Crippen LogP contribution in [0.2, 0.25) is 0 Å². The number of primary amides is 1. The number of carbonyl (C=O) groups is 1. The van der Waals surface area contributed by atoms with E-state index in [1.165, 1.54) is 0 Å². The molecule has 4 heteroatoms. The van der Waals surface area contributed by atoms with Crippen molar-refractivity contribution in [2.75, 3.05) is 6.61 Å². The number of fused-ring (bicyclic) bond motifs is 1. The van der Waals surface area contributed by atoms with Crippen molar-refractivity contribution in [1.82, 2.24) is 5.32 Å². The molecule has 1 unspecified atom stereocenters. The van der Waals surface area contributed by atoms with Crippen LogP contribution in [0.5, 0.6) is 5.75 Å². The van der Waals surface area contributed by atoms with Crippen LogP contribution >= 0.6 is 0 Å². The zero-order valence-corrected chi connectivity index (χ0v) is 11.0. The van der Waals surface area contributed by atoms with Gasteiger partial charge in [-0.3, -0.25) is 4.79 Å². The highest BCUT2D eigenvalue weighted by Gasteiger charge is 2.23. The van der Waals surface area contributed by atoms with Crippen LogP contribution in [0.15, 0.2) is 48.5 Å². The van der Waals surface area contributed by atoms with Gasteiger partial charge >= 0.3 is 0 Å². The average Bonchev–Trinajstić information content (AvgIpc) is 2.88. The molecule has 2 aromatic rings. The Kier molecular flexibility index (Phi) is 3.39. The van der Waals surface area contributed by atoms with Crippen LogP contribution in [0.4, 0.5) is 0 Å². The lowest BCUT2D eigenvalue weighted by molar-refractivity contribution is 0.0999. The molecule has 4 nitrogen and oxygen atoms in total. The Morgan fingerprint density at radius 3 is 2.80 bits per heavy atom. The van der Waals surface area contributed by atoms with E-state index in [-0.39, 0.29) is 6.04 Å². The number of ether oxygens (including phenoxy) is 1. The zero-order valence-electron chi connectivity index (χ0n) is 11.0. The number of hydrogen-bond acceptors (Lipinski definition) is 3. The molecular weight excluding hydrogens is 252 g/mol. The van der Waals surface area contributed by atoms with Gasteiger partial charge in [-0.05, 0) is 17.7 Å². The van der Waals surface area contributed by atoms with Gasteiger partial charge in [0.2, 0.25) is 5.91 Å². The number of nitrogens with one attached hydrogen (secondary N) is 1. The predicted octanol–water partition coefficient (Wildman–Crippen LogP) is 2.01. The molecule has 3 rings (SSSR count). The second-order valence-corrected chi connectivity index (χ2v) is 4.80. The molecule has 0 fully saturated rings. The van der Waals surface area contributed by atoms with Gasteiger partial charge in [0.1, 0.15) is 12.4 Å². The molecule has 0 spiro atoms. The van der Waals surface area contributed by atoms with Crippen molar-refractivity contribution in [3.05, 3.63) is 65.2 Å². The van der Waals surface area contributed by atoms with E-state index in [1.54, 1.807) is 6.07 Å². The fraction of sp³-hybridized carbons (Fsp3) is 0.188. The van der Waals surface area contributed by atoms with Gasteiger partial charge in [-0.2, -0.15) is 0 Å². The molecule has 1 aliphatic rings. The number of rotatable bonds is 4. The normalized spacial score (nSPS) is 16.5. The van der Waals surface area contributed by atoms with Crippen molar-refractivity contribution in [3.8, 4) is 5.75 Å². The molecule has 1 amide bonds. The summed E-state index contributed by atoms with van der Waals surface area (Å²) in [6.07, 6.45) is 0. The molecule has 20 heavy (non-hydrogen) atoms. The van der Waals surface area contributed by atoms with Crippen molar-refractivity contribution in [2.45, 2.75) is 12.6 Å². The van der Waals surface area contributed by atoms with E-state index in [0.717, 1.165) is 16.9 Å². The van der Waals surface area contributed by atoms with Gasteiger partial charge in [-0.15, -0.1) is 0 Å². The summed E-state index contributed by atoms with van der Waals surface area (Å²) in [6.45, 7) is 1.19. The van der Waals surface area contributed by atoms with Crippen LogP contribution in [-0.4, -0.2) is 12.5 Å². The Hall–Kier alpha value is -2.33. The van der Waals surface area contributed by atoms with Crippen molar-refractivity contribution in [1.29, 1.82) is 0 Å². The number of benzene rings is 2. The number of hydrogen-bond donors (Lipinski definition) is 2. The first-order valence-corrected chi connectivity index (χ1v) is 6.58. The van der Waals surface area contributed by atoms with E-state index in [4.69, 9.17) is 10.5 Å². The minimum atomic E-state index is -0.398. The fourth-order valence-electron chi connectivity index (χ4n) is 2.48. The van der Waals surface area contributed by atoms with Crippen LogP contribution in [0.3, 0.4) is 0 Å². The Morgan fingerprint density at radius 2 is 1.95 bits per heavy atom. The molecule has 3 N–H and O–H groups in total. The third-order valence-electron chi connectivity index (χ3n) is 3.52. The Morgan fingerprint density at radius 1 is 1.20 bits per heavy atom. The quantitative estimate of drug-likeness (QED) is 0.891. The topological polar surface area (TPSA) is 64.4 Å². The maximum atomic E-state index is 11.4. The summed E-state index contributed by atoms with van der Waals surface area (Å²) in [5.74, 6) is 0.527. The molecule has 0 saturated heterocycles. The molecule has 1 heterocycles. The molecule has 1 aliphatic heterocycles. The van der Waals surface area contributed by atoms with E-state index in [2.05, 4.69) is 11.4 Å². The fourth-order valence-corrected chi connectivity index (χ4v) is 2.48. The number of amides is 1. The Labute approximate surface area is 117 Å². The average molecular weight is 268 g/mol. The summed E-state index contributed by atoms with van der Waals surface area (Å²) < 4.78 is 5.62. The first-order chi connectivity index (χ1) is 9.75. The Balaban J connectivity index is 1.74. The zero-order chi connectivity index (χ0) is 13.9. The highest BCUT2D eigenvalue weighted by Crippen LogP contribution is 2.31. The lowest BCUT2D eigenvalue weighted by Crippen LogP contribution is -2.24. The van der Waals surface area contributed by atoms with Crippen LogP contribution < -0.4 is 15.8 Å². The Bertz CT molecular complexity index is 640. The van der Waals surface area contributed by atoms with E-state index in [0.29, 0.717) is 18.7 Å². The van der Waals surface area contributed by atoms with Crippen molar-refractivity contribution in [2.24, 2.45) is 5.73 Å². The van der Waals surface area contributed by atoms with Gasteiger partial charge in [0.05, 0.1) is 6.04 Å². The van der Waals surface area contributed by atoms with E-state index >= 15 is 0 Å². The SMILES string of the molecule is NC(=O)c1ccccc1CNC1COc2ccccc21. The van der Waals surface area contributed by atoms with Crippen molar-refractivity contribution in [3.63, 3.8) is 0 Å². The molecule has 1 atom stereocenters. The highest BCUT2D eigenvalue weighted by atomic mass is 16.5. The van der Waals surface area contributed by atoms with Gasteiger partial charge in [0.15, 0.2) is 0 Å². The van der Waals surface area contributed by atoms with Crippen molar-refractivity contribution < 1.29 is 9.53 Å². The summed E-state index contributed by atoms with van der Waals surface area (Å²) >= 11 is 0. The smallest absolute Gasteiger partial charge is 0.249 e. The second-order valence-electron chi connectivity index (χ2n) is 4.80. The first kappa shape index (κ1) is 12.7. The lowest BCUT2D eigenvalue weighted by Gasteiger charge is -2.13. The summed E-state index contributed by atoms with van der Waals surface area (Å²) in [4.78, 5) is 11.4. The van der Waals surface area contributed by atoms with Crippen molar-refractivity contribution >= 4 is 5.91 Å². The first-order valence-electron chi connectivity index (χ1n) is 6.58. The third-order valence-corrected chi connectivity index (χ3v) is 3.52. The monoisotopic (exact) mass is 268 g/mol. The maximum absolute atomic E-state index is 11.4. The molecule has 0 bridgehead atoms. The molecule has 0 saturated carbocycles. The standard InChI is InChI=1S/C16H16N2O2/c17-16(19)12-6-2-1-5-11(12)9-18-14-10-20-15-8-4-3-7-13(14)15/h1-8,14,18H,9-10H2,(H2,17,19). The summed E-state index contributed by atoms with van der Waals surface area (Å²) in [5.41, 5.74) is 8.01. The number of para-hydroxylation sites is 1. The number of nitrogens with two attached hydrogens (primary N) is 1. The molecule has 0 aliphatic carbocycles. The van der Waals surface area contributed by atoms with E-state index in [1.807, 2.05) is 36.4 Å². The summed E-state index contributed by atoms with van der Waals surface area (Å²) in [7, 11) is 0. The van der Waals surface area contributed by atoms with Gasteiger partial charge < -0.3 is 15.8 Å². The highest BCUT2D eigenvalue weighted by molar-refractivity contribution is 5.94. The maximum Gasteiger partial charge on any atom is 0.249 e. The third kappa shape index (κ3) is 2.38. The van der Waals surface area contributed by atoms with Crippen LogP contribution in [0.25, 0.3) is 0 Å². The van der Waals surface area contributed by atoms with Gasteiger partial charge in [0, 0.05) is 17.7 Å². The summed E-state index contributed by atoms with van der Waals surface area (Å²) in [6, 6.07) is 15.5. The molecule has 2 aromatic carbocycles. The van der Waals surface area contributed by atoms with Crippen LogP contribution in [0, 0.1) is 0 Å². The summed E-state index contributed by atoms with van der Waals surface area (Å²) in [5, 5.41) is 3.42. The molecule has 0 radical (unpaired) electrons. The number of carbonyl (C=O) groups excluding carboxylic acids is 1. The molecule has 0 aromatic heterocycles. The van der Waals surface area contributed by atoms with Gasteiger partial charge in [-0.1, -0.05) is 36.4 Å².